The van der Waals surface area contributed by atoms with Crippen LogP contribution < -0.4 is 4.74 Å². The zero-order valence-electron chi connectivity index (χ0n) is 17.0. The summed E-state index contributed by atoms with van der Waals surface area (Å²) in [6, 6.07) is 7.98. The van der Waals surface area contributed by atoms with Crippen LogP contribution in [0.5, 0.6) is 5.75 Å². The van der Waals surface area contributed by atoms with Crippen LogP contribution in [-0.2, 0) is 0 Å². The number of hydrogen-bond donors (Lipinski definition) is 2. The minimum Gasteiger partial charge on any atom is -0.510 e. The van der Waals surface area contributed by atoms with Gasteiger partial charge < -0.3 is 14.7 Å². The van der Waals surface area contributed by atoms with E-state index in [4.69, 9.17) is 15.1 Å². The monoisotopic (exact) mass is 399 g/mol. The van der Waals surface area contributed by atoms with Gasteiger partial charge in [-0.1, -0.05) is 26.7 Å². The first-order valence-corrected chi connectivity index (χ1v) is 10.7. The third-order valence-electron chi connectivity index (χ3n) is 5.17. The molecular weight excluding hydrogens is 370 g/mol. The van der Waals surface area contributed by atoms with Crippen LogP contribution >= 0.6 is 11.3 Å². The number of nitrogens with zero attached hydrogens (tertiary/aromatic N) is 2. The quantitative estimate of drug-likeness (QED) is 0.606. The molecule has 0 fully saturated rings. The van der Waals surface area contributed by atoms with E-state index in [-0.39, 0.29) is 11.8 Å². The Morgan fingerprint density at radius 2 is 1.93 bits per heavy atom. The Morgan fingerprint density at radius 1 is 1.21 bits per heavy atom. The lowest BCUT2D eigenvalue weighted by molar-refractivity contribution is 0.289. The maximum Gasteiger partial charge on any atom is 0.135 e. The summed E-state index contributed by atoms with van der Waals surface area (Å²) in [7, 11) is 1.65. The second-order valence-corrected chi connectivity index (χ2v) is 8.60. The van der Waals surface area contributed by atoms with E-state index in [1.165, 1.54) is 17.8 Å². The van der Waals surface area contributed by atoms with Crippen LogP contribution in [-0.4, -0.2) is 40.5 Å². The fourth-order valence-corrected chi connectivity index (χ4v) is 4.36. The Bertz CT molecular complexity index is 855. The van der Waals surface area contributed by atoms with Crippen LogP contribution in [0.25, 0.3) is 16.8 Å². The molecule has 1 unspecified atom stereocenters. The molecule has 1 aromatic heterocycles. The first kappa shape index (κ1) is 20.4. The van der Waals surface area contributed by atoms with Crippen LogP contribution in [0.15, 0.2) is 35.4 Å². The molecule has 0 amide bonds. The molecule has 1 aliphatic heterocycles. The van der Waals surface area contributed by atoms with Crippen molar-refractivity contribution >= 4 is 22.7 Å². The molecule has 1 aromatic carbocycles. The van der Waals surface area contributed by atoms with E-state index >= 15 is 0 Å². The Morgan fingerprint density at radius 3 is 2.57 bits per heavy atom. The Hall–Kier alpha value is -2.34. The zero-order chi connectivity index (χ0) is 20.3. The van der Waals surface area contributed by atoms with Crippen molar-refractivity contribution < 1.29 is 9.84 Å². The summed E-state index contributed by atoms with van der Waals surface area (Å²) in [5.41, 5.74) is 2.41. The molecule has 0 aliphatic carbocycles. The molecule has 2 heterocycles. The summed E-state index contributed by atoms with van der Waals surface area (Å²) in [6.45, 7) is 7.00. The third-order valence-corrected chi connectivity index (χ3v) is 6.03. The molecule has 2 N–H and O–H groups in total. The predicted molar refractivity (Wildman–Crippen MR) is 116 cm³/mol. The number of benzene rings is 1. The smallest absolute Gasteiger partial charge is 0.135 e. The van der Waals surface area contributed by atoms with Crippen molar-refractivity contribution in [2.45, 2.75) is 46.1 Å². The Kier molecular flexibility index (Phi) is 6.39. The second-order valence-electron chi connectivity index (χ2n) is 7.74. The minimum atomic E-state index is 0.229. The molecule has 0 saturated heterocycles. The largest absolute Gasteiger partial charge is 0.510 e. The average molecular weight is 400 g/mol. The number of aliphatic hydroxyl groups is 1. The van der Waals surface area contributed by atoms with Gasteiger partial charge in [-0.2, -0.15) is 0 Å². The van der Waals surface area contributed by atoms with Crippen molar-refractivity contribution in [1.82, 2.24) is 9.88 Å². The van der Waals surface area contributed by atoms with Crippen molar-refractivity contribution in [2.75, 3.05) is 13.7 Å². The van der Waals surface area contributed by atoms with Gasteiger partial charge in [0.25, 0.3) is 0 Å². The number of nitrogens with one attached hydrogen (secondary N) is 1. The van der Waals surface area contributed by atoms with E-state index < -0.39 is 0 Å². The summed E-state index contributed by atoms with van der Waals surface area (Å²) in [5, 5.41) is 21.8. The topological polar surface area (TPSA) is 69.4 Å². The summed E-state index contributed by atoms with van der Waals surface area (Å²) < 4.78 is 5.20. The molecule has 1 aliphatic rings. The van der Waals surface area contributed by atoms with E-state index in [9.17, 15) is 5.11 Å². The fourth-order valence-electron chi connectivity index (χ4n) is 3.46. The highest BCUT2D eigenvalue weighted by atomic mass is 32.1. The molecule has 0 spiro atoms. The SMILES string of the molecule is COc1ccc(-c2csc(C3=C(O)CN(C(C)CCCC(C)C)C3=N)n2)cc1. The number of aromatic nitrogens is 1. The highest BCUT2D eigenvalue weighted by Crippen LogP contribution is 2.34. The minimum absolute atomic E-state index is 0.229. The normalized spacial score (nSPS) is 15.6. The molecule has 150 valence electrons. The van der Waals surface area contributed by atoms with Gasteiger partial charge in [0.15, 0.2) is 0 Å². The van der Waals surface area contributed by atoms with Crippen molar-refractivity contribution in [3.05, 3.63) is 40.4 Å². The molecule has 3 rings (SSSR count). The van der Waals surface area contributed by atoms with Crippen LogP contribution in [0.4, 0.5) is 0 Å². The number of ether oxygens (including phenoxy) is 1. The van der Waals surface area contributed by atoms with Gasteiger partial charge in [0.1, 0.15) is 22.4 Å². The van der Waals surface area contributed by atoms with Gasteiger partial charge in [-0.25, -0.2) is 4.98 Å². The van der Waals surface area contributed by atoms with Gasteiger partial charge in [-0.15, -0.1) is 11.3 Å². The average Bonchev–Trinajstić information content (AvgIpc) is 3.25. The van der Waals surface area contributed by atoms with Crippen LogP contribution in [0, 0.1) is 11.3 Å². The summed E-state index contributed by atoms with van der Waals surface area (Å²) in [6.07, 6.45) is 3.35. The molecular formula is C22H29N3O2S. The van der Waals surface area contributed by atoms with E-state index in [2.05, 4.69) is 20.8 Å². The van der Waals surface area contributed by atoms with Gasteiger partial charge in [-0.3, -0.25) is 5.41 Å². The summed E-state index contributed by atoms with van der Waals surface area (Å²) >= 11 is 1.47. The van der Waals surface area contributed by atoms with Crippen molar-refractivity contribution in [3.8, 4) is 17.0 Å². The molecule has 0 saturated carbocycles. The zero-order valence-corrected chi connectivity index (χ0v) is 17.8. The molecule has 5 nitrogen and oxygen atoms in total. The van der Waals surface area contributed by atoms with Crippen molar-refractivity contribution in [2.24, 2.45) is 5.92 Å². The first-order valence-electron chi connectivity index (χ1n) is 9.78. The Labute approximate surface area is 171 Å². The number of amidine groups is 1. The van der Waals surface area contributed by atoms with Crippen molar-refractivity contribution in [3.63, 3.8) is 0 Å². The van der Waals surface area contributed by atoms with Crippen LogP contribution in [0.1, 0.15) is 45.0 Å². The van der Waals surface area contributed by atoms with Crippen LogP contribution in [0.3, 0.4) is 0 Å². The highest BCUT2D eigenvalue weighted by molar-refractivity contribution is 7.11. The first-order chi connectivity index (χ1) is 13.4. The van der Waals surface area contributed by atoms with Crippen LogP contribution in [0.2, 0.25) is 0 Å². The Balaban J connectivity index is 1.72. The fraction of sp³-hybridized carbons (Fsp3) is 0.455. The molecule has 6 heteroatoms. The maximum absolute atomic E-state index is 10.5. The number of aliphatic hydroxyl groups excluding tert-OH is 1. The standard InChI is InChI=1S/C22H29N3O2S/c1-14(2)6-5-7-15(3)25-12-19(26)20(21(25)23)22-24-18(13-28-22)16-8-10-17(27-4)11-9-16/h8-11,13-15,23,26H,5-7,12H2,1-4H3. The lowest BCUT2D eigenvalue weighted by atomic mass is 10.0. The van der Waals surface area contributed by atoms with Gasteiger partial charge in [-0.05, 0) is 43.5 Å². The number of rotatable bonds is 8. The summed E-state index contributed by atoms with van der Waals surface area (Å²) in [4.78, 5) is 6.68. The molecule has 0 radical (unpaired) electrons. The lowest BCUT2D eigenvalue weighted by Gasteiger charge is -2.26. The van der Waals surface area contributed by atoms with Gasteiger partial charge in [0, 0.05) is 17.0 Å². The molecule has 0 bridgehead atoms. The molecule has 1 atom stereocenters. The van der Waals surface area contributed by atoms with E-state index in [1.54, 1.807) is 7.11 Å². The summed E-state index contributed by atoms with van der Waals surface area (Å²) in [5.74, 6) is 2.12. The number of hydrogen-bond acceptors (Lipinski definition) is 5. The van der Waals surface area contributed by atoms with E-state index in [0.717, 1.165) is 29.8 Å². The molecule has 28 heavy (non-hydrogen) atoms. The maximum atomic E-state index is 10.5. The highest BCUT2D eigenvalue weighted by Gasteiger charge is 2.32. The van der Waals surface area contributed by atoms with Gasteiger partial charge >= 0.3 is 0 Å². The lowest BCUT2D eigenvalue weighted by Crippen LogP contribution is -2.35. The number of methoxy groups -OCH3 is 1. The second kappa shape index (κ2) is 8.78. The van der Waals surface area contributed by atoms with E-state index in [0.29, 0.717) is 28.9 Å². The number of thiazole rings is 1. The van der Waals surface area contributed by atoms with Crippen molar-refractivity contribution in [1.29, 1.82) is 5.41 Å². The van der Waals surface area contributed by atoms with Gasteiger partial charge in [0.2, 0.25) is 0 Å². The van der Waals surface area contributed by atoms with Gasteiger partial charge in [0.05, 0.1) is 24.9 Å². The third kappa shape index (κ3) is 4.38. The molecule has 2 aromatic rings. The van der Waals surface area contributed by atoms with E-state index in [1.807, 2.05) is 34.5 Å². The predicted octanol–water partition coefficient (Wildman–Crippen LogP) is 5.60.